The molecule has 5 atom stereocenters. The van der Waals surface area contributed by atoms with E-state index >= 15 is 0 Å². The molecule has 2 rings (SSSR count). The van der Waals surface area contributed by atoms with Crippen LogP contribution in [0, 0.1) is 5.92 Å². The molecular formula is C27H39N5O8. The molecule has 0 spiro atoms. The van der Waals surface area contributed by atoms with E-state index in [1.54, 1.807) is 24.3 Å². The first kappa shape index (κ1) is 32.2. The van der Waals surface area contributed by atoms with E-state index in [9.17, 15) is 39.0 Å². The first-order valence-electron chi connectivity index (χ1n) is 13.3. The van der Waals surface area contributed by atoms with Gasteiger partial charge in [-0.15, -0.1) is 0 Å². The summed E-state index contributed by atoms with van der Waals surface area (Å²) in [5.41, 5.74) is 6.79. The number of carbonyl (C=O) groups is 6. The minimum Gasteiger partial charge on any atom is -0.481 e. The van der Waals surface area contributed by atoms with Crippen LogP contribution < -0.4 is 21.7 Å². The van der Waals surface area contributed by atoms with Crippen LogP contribution in [-0.4, -0.2) is 87.4 Å². The Balaban J connectivity index is 2.06. The average Bonchev–Trinajstić information content (AvgIpc) is 3.37. The number of hydrogen-bond donors (Lipinski definition) is 6. The number of carboxylic acids is 2. The molecule has 4 amide bonds. The first-order chi connectivity index (χ1) is 18.8. The molecule has 1 fully saturated rings. The number of benzene rings is 1. The fraction of sp³-hybridized carbons (Fsp3) is 0.556. The van der Waals surface area contributed by atoms with Crippen molar-refractivity contribution in [1.82, 2.24) is 20.9 Å². The van der Waals surface area contributed by atoms with Gasteiger partial charge in [0.05, 0.1) is 12.5 Å². The summed E-state index contributed by atoms with van der Waals surface area (Å²) >= 11 is 0. The van der Waals surface area contributed by atoms with Crippen molar-refractivity contribution in [2.45, 2.75) is 83.1 Å². The number of carboxylic acid groups (broad SMARTS) is 2. The predicted molar refractivity (Wildman–Crippen MR) is 144 cm³/mol. The molecule has 1 aromatic carbocycles. The second-order valence-corrected chi connectivity index (χ2v) is 10.4. The lowest BCUT2D eigenvalue weighted by molar-refractivity contribution is -0.146. The maximum absolute atomic E-state index is 13.3. The molecule has 1 saturated heterocycles. The number of nitrogens with two attached hydrogens (primary N) is 1. The minimum atomic E-state index is -1.45. The topological polar surface area (TPSA) is 208 Å². The van der Waals surface area contributed by atoms with Crippen molar-refractivity contribution >= 4 is 35.6 Å². The van der Waals surface area contributed by atoms with Crippen molar-refractivity contribution in [1.29, 1.82) is 0 Å². The molecule has 0 bridgehead atoms. The Kier molecular flexibility index (Phi) is 12.1. The van der Waals surface area contributed by atoms with Crippen LogP contribution in [0.3, 0.4) is 0 Å². The summed E-state index contributed by atoms with van der Waals surface area (Å²) < 4.78 is 0. The lowest BCUT2D eigenvalue weighted by atomic mass is 10.0. The van der Waals surface area contributed by atoms with Gasteiger partial charge >= 0.3 is 11.9 Å². The lowest BCUT2D eigenvalue weighted by Gasteiger charge is -2.29. The van der Waals surface area contributed by atoms with Gasteiger partial charge in [0.15, 0.2) is 0 Å². The van der Waals surface area contributed by atoms with Crippen LogP contribution in [-0.2, 0) is 35.2 Å². The third-order valence-electron chi connectivity index (χ3n) is 6.54. The number of carbonyl (C=O) groups excluding carboxylic acids is 4. The fourth-order valence-electron chi connectivity index (χ4n) is 4.48. The van der Waals surface area contributed by atoms with E-state index in [2.05, 4.69) is 16.0 Å². The molecule has 1 aromatic rings. The van der Waals surface area contributed by atoms with Gasteiger partial charge in [0.2, 0.25) is 23.6 Å². The molecule has 1 aliphatic heterocycles. The zero-order valence-electron chi connectivity index (χ0n) is 23.0. The zero-order chi connectivity index (χ0) is 30.0. The Bertz CT molecular complexity index is 1080. The summed E-state index contributed by atoms with van der Waals surface area (Å²) in [5, 5.41) is 26.1. The van der Waals surface area contributed by atoms with Gasteiger partial charge in [-0.2, -0.15) is 0 Å². The quantitative estimate of drug-likeness (QED) is 0.175. The normalized spacial score (nSPS) is 17.8. The number of nitrogens with one attached hydrogen (secondary N) is 3. The molecule has 220 valence electrons. The maximum Gasteiger partial charge on any atom is 0.326 e. The van der Waals surface area contributed by atoms with Gasteiger partial charge in [0.25, 0.3) is 0 Å². The van der Waals surface area contributed by atoms with Gasteiger partial charge in [-0.25, -0.2) is 4.79 Å². The molecule has 0 aliphatic carbocycles. The summed E-state index contributed by atoms with van der Waals surface area (Å²) in [6, 6.07) is 3.26. The van der Waals surface area contributed by atoms with E-state index in [0.717, 1.165) is 5.56 Å². The summed E-state index contributed by atoms with van der Waals surface area (Å²) in [7, 11) is 0. The minimum absolute atomic E-state index is 0.0106. The van der Waals surface area contributed by atoms with E-state index in [-0.39, 0.29) is 31.7 Å². The van der Waals surface area contributed by atoms with Crippen LogP contribution >= 0.6 is 0 Å². The highest BCUT2D eigenvalue weighted by Crippen LogP contribution is 2.20. The Morgan fingerprint density at radius 3 is 2.15 bits per heavy atom. The van der Waals surface area contributed by atoms with E-state index in [1.807, 2.05) is 19.9 Å². The number of hydrogen-bond acceptors (Lipinski definition) is 7. The number of likely N-dealkylation sites (tertiary alicyclic amines) is 1. The van der Waals surface area contributed by atoms with Crippen molar-refractivity contribution in [3.63, 3.8) is 0 Å². The fourth-order valence-corrected chi connectivity index (χ4v) is 4.48. The monoisotopic (exact) mass is 561 g/mol. The number of aliphatic carboxylic acids is 2. The Labute approximate surface area is 232 Å². The second kappa shape index (κ2) is 15.0. The van der Waals surface area contributed by atoms with Crippen molar-refractivity contribution in [3.05, 3.63) is 35.9 Å². The molecule has 0 radical (unpaired) electrons. The van der Waals surface area contributed by atoms with Crippen LogP contribution in [0.4, 0.5) is 0 Å². The van der Waals surface area contributed by atoms with Gasteiger partial charge in [0.1, 0.15) is 24.2 Å². The maximum atomic E-state index is 13.3. The smallest absolute Gasteiger partial charge is 0.326 e. The number of amides is 4. The molecule has 7 N–H and O–H groups in total. The van der Waals surface area contributed by atoms with Crippen LogP contribution in [0.2, 0.25) is 0 Å². The van der Waals surface area contributed by atoms with Crippen molar-refractivity contribution < 1.29 is 39.0 Å². The zero-order valence-corrected chi connectivity index (χ0v) is 23.0. The van der Waals surface area contributed by atoms with Gasteiger partial charge in [-0.3, -0.25) is 24.0 Å². The highest BCUT2D eigenvalue weighted by molar-refractivity contribution is 5.96. The van der Waals surface area contributed by atoms with E-state index in [0.29, 0.717) is 6.42 Å². The van der Waals surface area contributed by atoms with Crippen molar-refractivity contribution in [2.24, 2.45) is 11.7 Å². The molecular weight excluding hydrogens is 522 g/mol. The highest BCUT2D eigenvalue weighted by atomic mass is 16.4. The van der Waals surface area contributed by atoms with Crippen molar-refractivity contribution in [2.75, 3.05) is 6.54 Å². The molecule has 0 aromatic heterocycles. The Morgan fingerprint density at radius 2 is 1.57 bits per heavy atom. The van der Waals surface area contributed by atoms with Gasteiger partial charge in [-0.05, 0) is 44.1 Å². The number of nitrogens with zero attached hydrogens (tertiary/aromatic N) is 1. The SMILES string of the molecule is CC(C)C[C@H](NC(=O)[C@H](C)NC(=O)[C@@H]1CCCN1C(=O)[C@H](CC(=O)O)NC(=O)[C@@H](N)Cc1ccccc1)C(=O)O. The summed E-state index contributed by atoms with van der Waals surface area (Å²) in [6.45, 7) is 5.17. The second-order valence-electron chi connectivity index (χ2n) is 10.4. The third kappa shape index (κ3) is 9.63. The molecule has 13 nitrogen and oxygen atoms in total. The van der Waals surface area contributed by atoms with Crippen LogP contribution in [0.25, 0.3) is 0 Å². The molecule has 13 heteroatoms. The summed E-state index contributed by atoms with van der Waals surface area (Å²) in [6.07, 6.45) is 0.381. The van der Waals surface area contributed by atoms with E-state index in [4.69, 9.17) is 5.73 Å². The standard InChI is InChI=1S/C27H39N5O8/c1-15(2)12-20(27(39)40)31-23(35)16(3)29-25(37)21-10-7-11-32(21)26(38)19(14-22(33)34)30-24(36)18(28)13-17-8-5-4-6-9-17/h4-6,8-9,15-16,18-21H,7,10-14,28H2,1-3H3,(H,29,37)(H,30,36)(H,31,35)(H,33,34)(H,39,40)/t16-,18-,19-,20-,21-/m0/s1. The number of rotatable bonds is 14. The van der Waals surface area contributed by atoms with Crippen LogP contribution in [0.1, 0.15) is 52.0 Å². The van der Waals surface area contributed by atoms with Gasteiger partial charge in [0, 0.05) is 6.54 Å². The highest BCUT2D eigenvalue weighted by Gasteiger charge is 2.39. The molecule has 40 heavy (non-hydrogen) atoms. The lowest BCUT2D eigenvalue weighted by Crippen LogP contribution is -2.58. The summed E-state index contributed by atoms with van der Waals surface area (Å²) in [4.78, 5) is 75.8. The Hall–Kier alpha value is -4.00. The molecule has 1 heterocycles. The Morgan fingerprint density at radius 1 is 0.950 bits per heavy atom. The molecule has 0 unspecified atom stereocenters. The summed E-state index contributed by atoms with van der Waals surface area (Å²) in [5.74, 6) is -5.30. The van der Waals surface area contributed by atoms with E-state index < -0.39 is 72.2 Å². The predicted octanol–water partition coefficient (Wildman–Crippen LogP) is -0.373. The van der Waals surface area contributed by atoms with E-state index in [1.165, 1.54) is 11.8 Å². The van der Waals surface area contributed by atoms with Crippen molar-refractivity contribution in [3.8, 4) is 0 Å². The van der Waals surface area contributed by atoms with Gasteiger partial charge in [-0.1, -0.05) is 44.2 Å². The average molecular weight is 562 g/mol. The van der Waals surface area contributed by atoms with Crippen LogP contribution in [0.5, 0.6) is 0 Å². The van der Waals surface area contributed by atoms with Gasteiger partial charge < -0.3 is 36.8 Å². The molecule has 0 saturated carbocycles. The van der Waals surface area contributed by atoms with Crippen LogP contribution in [0.15, 0.2) is 30.3 Å². The molecule has 1 aliphatic rings. The first-order valence-corrected chi connectivity index (χ1v) is 13.3. The largest absolute Gasteiger partial charge is 0.481 e. The third-order valence-corrected chi connectivity index (χ3v) is 6.54.